The number of nitrogens with zero attached hydrogens (tertiary/aromatic N) is 3. The van der Waals surface area contributed by atoms with Gasteiger partial charge in [-0.15, -0.1) is 0 Å². The van der Waals surface area contributed by atoms with E-state index in [-0.39, 0.29) is 24.3 Å². The van der Waals surface area contributed by atoms with Gasteiger partial charge in [-0.3, -0.25) is 14.5 Å². The number of hydrogen-bond donors (Lipinski definition) is 1. The smallest absolute Gasteiger partial charge is 0.322 e. The van der Waals surface area contributed by atoms with Crippen LogP contribution in [-0.2, 0) is 9.59 Å². The van der Waals surface area contributed by atoms with Gasteiger partial charge in [-0.1, -0.05) is 23.8 Å². The predicted octanol–water partition coefficient (Wildman–Crippen LogP) is 2.35. The molecule has 0 fully saturated rings. The molecular weight excluding hydrogens is 368 g/mol. The molecule has 156 valence electrons. The van der Waals surface area contributed by atoms with Gasteiger partial charge in [0, 0.05) is 33.1 Å². The van der Waals surface area contributed by atoms with E-state index >= 15 is 0 Å². The summed E-state index contributed by atoms with van der Waals surface area (Å²) in [4.78, 5) is 43.2. The number of nitrogens with one attached hydrogen (secondary N) is 1. The van der Waals surface area contributed by atoms with E-state index in [1.54, 1.807) is 21.7 Å². The molecule has 0 spiro atoms. The van der Waals surface area contributed by atoms with Gasteiger partial charge in [-0.2, -0.15) is 0 Å². The molecule has 0 saturated carbocycles. The Kier molecular flexibility index (Phi) is 5.96. The molecule has 2 aliphatic rings. The average Bonchev–Trinajstić information content (AvgIpc) is 3.01. The van der Waals surface area contributed by atoms with Gasteiger partial charge in [0.05, 0.1) is 23.9 Å². The highest BCUT2D eigenvalue weighted by Gasteiger charge is 2.43. The van der Waals surface area contributed by atoms with Crippen LogP contribution in [0.1, 0.15) is 43.0 Å². The molecule has 0 aromatic heterocycles. The summed E-state index contributed by atoms with van der Waals surface area (Å²) in [5.74, 6) is -0.0898. The quantitative estimate of drug-likeness (QED) is 0.800. The molecule has 0 saturated heterocycles. The van der Waals surface area contributed by atoms with Crippen LogP contribution in [0.15, 0.2) is 29.5 Å². The van der Waals surface area contributed by atoms with E-state index in [2.05, 4.69) is 11.4 Å². The second-order valence-corrected chi connectivity index (χ2v) is 7.73. The van der Waals surface area contributed by atoms with E-state index in [1.165, 1.54) is 0 Å². The minimum absolute atomic E-state index is 0.0117. The second kappa shape index (κ2) is 8.27. The summed E-state index contributed by atoms with van der Waals surface area (Å²) < 4.78 is 0. The number of aryl methyl sites for hydroxylation is 2. The highest BCUT2D eigenvalue weighted by Crippen LogP contribution is 2.37. The summed E-state index contributed by atoms with van der Waals surface area (Å²) in [5.41, 5.74) is 4.48. The van der Waals surface area contributed by atoms with E-state index < -0.39 is 6.04 Å². The van der Waals surface area contributed by atoms with Crippen molar-refractivity contribution in [1.82, 2.24) is 20.0 Å². The van der Waals surface area contributed by atoms with Gasteiger partial charge in [0.2, 0.25) is 5.91 Å². The SMILES string of the molecule is CCN(C)C(=O)CCN1CC2=C(C1=O)C(c1ccc(C)cc1C)NC(=O)N2CC. The third-order valence-corrected chi connectivity index (χ3v) is 5.84. The molecule has 1 N–H and O–H groups in total. The topological polar surface area (TPSA) is 73.0 Å². The third-order valence-electron chi connectivity index (χ3n) is 5.84. The Morgan fingerprint density at radius 3 is 2.59 bits per heavy atom. The van der Waals surface area contributed by atoms with Crippen molar-refractivity contribution < 1.29 is 14.4 Å². The van der Waals surface area contributed by atoms with Crippen molar-refractivity contribution in [2.75, 3.05) is 33.2 Å². The Labute approximate surface area is 172 Å². The number of rotatable bonds is 6. The lowest BCUT2D eigenvalue weighted by Crippen LogP contribution is -2.47. The maximum atomic E-state index is 13.3. The second-order valence-electron chi connectivity index (χ2n) is 7.73. The Hall–Kier alpha value is -2.83. The van der Waals surface area contributed by atoms with Crippen molar-refractivity contribution in [2.24, 2.45) is 0 Å². The fourth-order valence-electron chi connectivity index (χ4n) is 4.04. The van der Waals surface area contributed by atoms with Crippen molar-refractivity contribution in [2.45, 2.75) is 40.2 Å². The molecule has 0 bridgehead atoms. The van der Waals surface area contributed by atoms with Crippen molar-refractivity contribution in [1.29, 1.82) is 0 Å². The monoisotopic (exact) mass is 398 g/mol. The number of carbonyl (C=O) groups is 3. The van der Waals surface area contributed by atoms with Gasteiger partial charge in [0.15, 0.2) is 0 Å². The standard InChI is InChI=1S/C22H30N4O3/c1-6-24(5)18(27)10-11-25-13-17-19(21(25)28)20(23-22(29)26(17)7-2)16-9-8-14(3)12-15(16)4/h8-9,12,20H,6-7,10-11,13H2,1-5H3,(H,23,29). The summed E-state index contributed by atoms with van der Waals surface area (Å²) in [6.07, 6.45) is 0.276. The first-order valence-electron chi connectivity index (χ1n) is 10.2. The summed E-state index contributed by atoms with van der Waals surface area (Å²) in [6.45, 7) is 9.67. The van der Waals surface area contributed by atoms with Crippen LogP contribution in [0.3, 0.4) is 0 Å². The zero-order valence-electron chi connectivity index (χ0n) is 17.9. The molecule has 4 amide bonds. The van der Waals surface area contributed by atoms with Gasteiger partial charge >= 0.3 is 6.03 Å². The zero-order chi connectivity index (χ0) is 21.3. The average molecular weight is 399 g/mol. The first-order chi connectivity index (χ1) is 13.8. The van der Waals surface area contributed by atoms with E-state index in [1.807, 2.05) is 39.8 Å². The minimum Gasteiger partial charge on any atom is -0.346 e. The zero-order valence-corrected chi connectivity index (χ0v) is 17.9. The number of amides is 4. The normalized spacial score (nSPS) is 18.9. The molecule has 0 aliphatic carbocycles. The molecule has 1 aromatic carbocycles. The van der Waals surface area contributed by atoms with Crippen LogP contribution in [-0.4, -0.2) is 65.8 Å². The van der Waals surface area contributed by atoms with Gasteiger partial charge in [0.1, 0.15) is 0 Å². The van der Waals surface area contributed by atoms with Gasteiger partial charge < -0.3 is 15.1 Å². The van der Waals surface area contributed by atoms with Gasteiger partial charge in [-0.05, 0) is 38.8 Å². The lowest BCUT2D eigenvalue weighted by molar-refractivity contribution is -0.131. The lowest BCUT2D eigenvalue weighted by Gasteiger charge is -2.33. The summed E-state index contributed by atoms with van der Waals surface area (Å²) >= 11 is 0. The van der Waals surface area contributed by atoms with Gasteiger partial charge in [-0.25, -0.2) is 4.79 Å². The van der Waals surface area contributed by atoms with Crippen LogP contribution >= 0.6 is 0 Å². The first-order valence-corrected chi connectivity index (χ1v) is 10.2. The third kappa shape index (κ3) is 3.86. The molecule has 1 unspecified atom stereocenters. The van der Waals surface area contributed by atoms with Crippen LogP contribution in [0.25, 0.3) is 0 Å². The molecule has 1 aromatic rings. The van der Waals surface area contributed by atoms with Crippen molar-refractivity contribution in [3.8, 4) is 0 Å². The Morgan fingerprint density at radius 2 is 1.97 bits per heavy atom. The van der Waals surface area contributed by atoms with Crippen molar-refractivity contribution in [3.05, 3.63) is 46.2 Å². The van der Waals surface area contributed by atoms with E-state index in [0.29, 0.717) is 31.8 Å². The summed E-state index contributed by atoms with van der Waals surface area (Å²) in [6, 6.07) is 5.39. The lowest BCUT2D eigenvalue weighted by atomic mass is 9.91. The largest absolute Gasteiger partial charge is 0.346 e. The van der Waals surface area contributed by atoms with Crippen LogP contribution < -0.4 is 5.32 Å². The molecule has 7 nitrogen and oxygen atoms in total. The first kappa shape index (κ1) is 20.9. The Balaban J connectivity index is 1.90. The Morgan fingerprint density at radius 1 is 1.24 bits per heavy atom. The van der Waals surface area contributed by atoms with Crippen LogP contribution in [0.2, 0.25) is 0 Å². The number of likely N-dealkylation sites (N-methyl/N-ethyl adjacent to an activating group) is 1. The fourth-order valence-corrected chi connectivity index (χ4v) is 4.04. The highest BCUT2D eigenvalue weighted by atomic mass is 16.2. The summed E-state index contributed by atoms with van der Waals surface area (Å²) in [5, 5.41) is 3.02. The van der Waals surface area contributed by atoms with E-state index in [4.69, 9.17) is 0 Å². The number of carbonyl (C=O) groups excluding carboxylic acids is 3. The Bertz CT molecular complexity index is 877. The van der Waals surface area contributed by atoms with Crippen molar-refractivity contribution >= 4 is 17.8 Å². The van der Waals surface area contributed by atoms with Crippen LogP contribution in [0.5, 0.6) is 0 Å². The summed E-state index contributed by atoms with van der Waals surface area (Å²) in [7, 11) is 1.76. The van der Waals surface area contributed by atoms with E-state index in [0.717, 1.165) is 22.4 Å². The van der Waals surface area contributed by atoms with Crippen LogP contribution in [0.4, 0.5) is 4.79 Å². The number of urea groups is 1. The van der Waals surface area contributed by atoms with Crippen LogP contribution in [0, 0.1) is 13.8 Å². The van der Waals surface area contributed by atoms with E-state index in [9.17, 15) is 14.4 Å². The number of hydrogen-bond acceptors (Lipinski definition) is 3. The predicted molar refractivity (Wildman–Crippen MR) is 111 cm³/mol. The molecular formula is C22H30N4O3. The molecule has 1 atom stereocenters. The maximum Gasteiger partial charge on any atom is 0.322 e. The van der Waals surface area contributed by atoms with Crippen molar-refractivity contribution in [3.63, 3.8) is 0 Å². The maximum absolute atomic E-state index is 13.3. The number of benzene rings is 1. The molecule has 2 aliphatic heterocycles. The minimum atomic E-state index is -0.465. The fraction of sp³-hybridized carbons (Fsp3) is 0.500. The molecule has 0 radical (unpaired) electrons. The van der Waals surface area contributed by atoms with Gasteiger partial charge in [0.25, 0.3) is 5.91 Å². The molecule has 2 heterocycles. The molecule has 7 heteroatoms. The molecule has 29 heavy (non-hydrogen) atoms. The highest BCUT2D eigenvalue weighted by molar-refractivity contribution is 6.01. The molecule has 3 rings (SSSR count).